The van der Waals surface area contributed by atoms with E-state index in [2.05, 4.69) is 35.7 Å². The molecular formula is C29H39N3O4S. The number of carbonyl (C=O) groups excluding carboxylic acids is 1. The molecule has 0 spiro atoms. The van der Waals surface area contributed by atoms with Crippen LogP contribution < -0.4 is 14.9 Å². The second kappa shape index (κ2) is 9.62. The summed E-state index contributed by atoms with van der Waals surface area (Å²) in [5, 5.41) is 3.48. The fourth-order valence-electron chi connectivity index (χ4n) is 6.31. The van der Waals surface area contributed by atoms with Gasteiger partial charge < -0.3 is 15.0 Å². The number of nitrogens with one attached hydrogen (secondary N) is 2. The Morgan fingerprint density at radius 1 is 1.03 bits per heavy atom. The molecule has 2 N–H and O–H groups in total. The molecule has 37 heavy (non-hydrogen) atoms. The van der Waals surface area contributed by atoms with Crippen molar-refractivity contribution >= 4 is 27.3 Å². The van der Waals surface area contributed by atoms with E-state index >= 15 is 0 Å². The minimum absolute atomic E-state index is 0.0761. The molecule has 5 rings (SSSR count). The second-order valence-electron chi connectivity index (χ2n) is 11.9. The summed E-state index contributed by atoms with van der Waals surface area (Å²) in [5.74, 6) is 0.0292. The number of ether oxygens (including phenoxy) is 1. The number of nitrogens with zero attached hydrogens (tertiary/aromatic N) is 1. The highest BCUT2D eigenvalue weighted by molar-refractivity contribution is 7.90. The van der Waals surface area contributed by atoms with Crippen LogP contribution in [-0.2, 0) is 14.8 Å². The molecule has 2 aliphatic heterocycles. The van der Waals surface area contributed by atoms with Crippen molar-refractivity contribution in [2.24, 2.45) is 16.7 Å². The zero-order chi connectivity index (χ0) is 26.4. The van der Waals surface area contributed by atoms with Crippen LogP contribution in [0.25, 0.3) is 0 Å². The number of piperidine rings is 1. The van der Waals surface area contributed by atoms with Crippen LogP contribution in [0.2, 0.25) is 0 Å². The lowest BCUT2D eigenvalue weighted by molar-refractivity contribution is 0.0698. The van der Waals surface area contributed by atoms with Crippen LogP contribution >= 0.6 is 0 Å². The summed E-state index contributed by atoms with van der Waals surface area (Å²) < 4.78 is 33.6. The van der Waals surface area contributed by atoms with Crippen LogP contribution in [0.4, 0.5) is 11.4 Å². The average molecular weight is 526 g/mol. The molecule has 2 saturated heterocycles. The molecule has 8 heteroatoms. The van der Waals surface area contributed by atoms with Gasteiger partial charge in [-0.25, -0.2) is 13.1 Å². The van der Waals surface area contributed by atoms with Gasteiger partial charge >= 0.3 is 0 Å². The van der Waals surface area contributed by atoms with Crippen molar-refractivity contribution in [2.45, 2.75) is 64.3 Å². The summed E-state index contributed by atoms with van der Waals surface area (Å²) in [5.41, 5.74) is 3.72. The topological polar surface area (TPSA) is 87.7 Å². The number of fused-ring (bicyclic) bond motifs is 2. The number of anilines is 2. The first-order valence-electron chi connectivity index (χ1n) is 13.4. The average Bonchev–Trinajstić information content (AvgIpc) is 2.99. The van der Waals surface area contributed by atoms with Crippen molar-refractivity contribution in [1.29, 1.82) is 0 Å². The van der Waals surface area contributed by atoms with Gasteiger partial charge in [0.1, 0.15) is 0 Å². The van der Waals surface area contributed by atoms with E-state index < -0.39 is 15.9 Å². The molecule has 2 bridgehead atoms. The molecule has 7 nitrogen and oxygen atoms in total. The zero-order valence-corrected chi connectivity index (χ0v) is 23.2. The lowest BCUT2D eigenvalue weighted by Crippen LogP contribution is -2.52. The highest BCUT2D eigenvalue weighted by Crippen LogP contribution is 2.59. The molecule has 2 aromatic carbocycles. The Kier molecular flexibility index (Phi) is 6.77. The first kappa shape index (κ1) is 26.0. The number of carbonyl (C=O) groups is 1. The van der Waals surface area contributed by atoms with Gasteiger partial charge in [0.05, 0.1) is 4.90 Å². The second-order valence-corrected chi connectivity index (χ2v) is 13.6. The van der Waals surface area contributed by atoms with Gasteiger partial charge in [-0.3, -0.25) is 4.79 Å². The Balaban J connectivity index is 1.24. The molecule has 0 radical (unpaired) electrons. The molecule has 1 saturated carbocycles. The fourth-order valence-corrected chi connectivity index (χ4v) is 7.37. The standard InChI is InChI=1S/C29H39N3O4S/c1-20-17-25(9-10-26(20)30-23-12-15-36-16-13-23)37(34,35)31-27(33)21-5-7-24(8-6-21)32-18-22-11-14-29(4,19-32)28(22,2)3/h5-10,17,22-23,30H,11-16,18-19H2,1-4H3,(H,31,33)/t22-,29+/m1/s1. The number of sulfonamides is 1. The number of hydrogen-bond donors (Lipinski definition) is 2. The van der Waals surface area contributed by atoms with Gasteiger partial charge in [0.15, 0.2) is 0 Å². The largest absolute Gasteiger partial charge is 0.382 e. The highest BCUT2D eigenvalue weighted by Gasteiger charge is 2.55. The number of aryl methyl sites for hydroxylation is 1. The molecule has 200 valence electrons. The van der Waals surface area contributed by atoms with E-state index in [0.29, 0.717) is 22.9 Å². The SMILES string of the molecule is Cc1cc(S(=O)(=O)NC(=O)c2ccc(N3C[C@H]4CC[C@@](C)(C3)C4(C)C)cc2)ccc1NC1CCOCC1. The van der Waals surface area contributed by atoms with Crippen molar-refractivity contribution < 1.29 is 17.9 Å². The van der Waals surface area contributed by atoms with E-state index in [1.165, 1.54) is 12.8 Å². The maximum atomic E-state index is 13.0. The summed E-state index contributed by atoms with van der Waals surface area (Å²) in [4.78, 5) is 15.4. The first-order valence-corrected chi connectivity index (χ1v) is 14.8. The van der Waals surface area contributed by atoms with Crippen molar-refractivity contribution in [3.05, 3.63) is 53.6 Å². The maximum absolute atomic E-state index is 13.0. The molecular weight excluding hydrogens is 486 g/mol. The number of benzene rings is 2. The molecule has 2 aromatic rings. The van der Waals surface area contributed by atoms with Gasteiger partial charge in [-0.2, -0.15) is 0 Å². The van der Waals surface area contributed by atoms with Gasteiger partial charge in [0.2, 0.25) is 0 Å². The predicted molar refractivity (Wildman–Crippen MR) is 147 cm³/mol. The summed E-state index contributed by atoms with van der Waals surface area (Å²) in [6.45, 7) is 12.5. The van der Waals surface area contributed by atoms with Gasteiger partial charge in [-0.05, 0) is 97.4 Å². The highest BCUT2D eigenvalue weighted by atomic mass is 32.2. The molecule has 3 fully saturated rings. The van der Waals surface area contributed by atoms with Crippen LogP contribution in [0.15, 0.2) is 47.4 Å². The molecule has 0 aromatic heterocycles. The monoisotopic (exact) mass is 525 g/mol. The minimum Gasteiger partial charge on any atom is -0.382 e. The lowest BCUT2D eigenvalue weighted by atomic mass is 9.63. The third kappa shape index (κ3) is 4.98. The Bertz CT molecular complexity index is 1270. The van der Waals surface area contributed by atoms with Crippen molar-refractivity contribution in [2.75, 3.05) is 36.5 Å². The third-order valence-electron chi connectivity index (χ3n) is 9.41. The van der Waals surface area contributed by atoms with E-state index in [9.17, 15) is 13.2 Å². The van der Waals surface area contributed by atoms with E-state index in [0.717, 1.165) is 56.1 Å². The van der Waals surface area contributed by atoms with Gasteiger partial charge in [0.25, 0.3) is 15.9 Å². The van der Waals surface area contributed by atoms with Crippen LogP contribution in [0, 0.1) is 23.7 Å². The van der Waals surface area contributed by atoms with Gasteiger partial charge in [-0.15, -0.1) is 0 Å². The first-order chi connectivity index (χ1) is 17.5. The van der Waals surface area contributed by atoms with Crippen LogP contribution in [0.3, 0.4) is 0 Å². The molecule has 2 heterocycles. The van der Waals surface area contributed by atoms with Gasteiger partial charge in [0, 0.05) is 49.3 Å². The zero-order valence-electron chi connectivity index (χ0n) is 22.3. The Hall–Kier alpha value is -2.58. The van der Waals surface area contributed by atoms with Crippen LogP contribution in [0.5, 0.6) is 0 Å². The number of amides is 1. The summed E-state index contributed by atoms with van der Waals surface area (Å²) >= 11 is 0. The van der Waals surface area contributed by atoms with Crippen molar-refractivity contribution in [1.82, 2.24) is 4.72 Å². The maximum Gasteiger partial charge on any atom is 0.264 e. The van der Waals surface area contributed by atoms with Crippen molar-refractivity contribution in [3.63, 3.8) is 0 Å². The van der Waals surface area contributed by atoms with Crippen LogP contribution in [-0.4, -0.2) is 46.7 Å². The summed E-state index contributed by atoms with van der Waals surface area (Å²) in [7, 11) is -4.00. The Morgan fingerprint density at radius 2 is 1.73 bits per heavy atom. The number of hydrogen-bond acceptors (Lipinski definition) is 6. The van der Waals surface area contributed by atoms with Gasteiger partial charge in [-0.1, -0.05) is 20.8 Å². The van der Waals surface area contributed by atoms with Crippen molar-refractivity contribution in [3.8, 4) is 0 Å². The molecule has 0 unspecified atom stereocenters. The molecule has 2 atom stereocenters. The minimum atomic E-state index is -4.00. The van der Waals surface area contributed by atoms with E-state index in [1.807, 2.05) is 19.1 Å². The summed E-state index contributed by atoms with van der Waals surface area (Å²) in [6, 6.07) is 12.5. The predicted octanol–water partition coefficient (Wildman–Crippen LogP) is 4.97. The summed E-state index contributed by atoms with van der Waals surface area (Å²) in [6.07, 6.45) is 4.34. The smallest absolute Gasteiger partial charge is 0.264 e. The van der Waals surface area contributed by atoms with Crippen LogP contribution in [0.1, 0.15) is 62.4 Å². The quantitative estimate of drug-likeness (QED) is 0.554. The van der Waals surface area contributed by atoms with E-state index in [-0.39, 0.29) is 10.3 Å². The third-order valence-corrected chi connectivity index (χ3v) is 10.7. The Morgan fingerprint density at radius 3 is 2.38 bits per heavy atom. The fraction of sp³-hybridized carbons (Fsp3) is 0.552. The molecule has 1 aliphatic carbocycles. The number of rotatable bonds is 6. The Labute approximate surface area is 221 Å². The normalized spacial score (nSPS) is 25.6. The molecule has 1 amide bonds. The van der Waals surface area contributed by atoms with E-state index in [1.54, 1.807) is 30.3 Å². The lowest BCUT2D eigenvalue weighted by Gasteiger charge is -2.51. The molecule has 3 aliphatic rings. The van der Waals surface area contributed by atoms with E-state index in [4.69, 9.17) is 4.74 Å².